The molecule has 0 radical (unpaired) electrons. The molecule has 2 aromatic heterocycles. The summed E-state index contributed by atoms with van der Waals surface area (Å²) in [6.45, 7) is 3.43. The molecular formula is C21H17N3O4. The summed E-state index contributed by atoms with van der Waals surface area (Å²) in [6.07, 6.45) is 0. The summed E-state index contributed by atoms with van der Waals surface area (Å²) in [4.78, 5) is 25.1. The van der Waals surface area contributed by atoms with E-state index < -0.39 is 11.8 Å². The molecule has 0 saturated carbocycles. The standard InChI is InChI=1S/C21H17N3O4/c1-12-15-10-6-7-11-16(15)27-19(12)21(26)23-22-20(25)17-13(2)28-24-18(17)14-8-4-3-5-9-14/h3-11H,1-2H3,(H,22,25)(H,23,26). The Morgan fingerprint density at radius 2 is 1.57 bits per heavy atom. The Morgan fingerprint density at radius 1 is 0.893 bits per heavy atom. The number of aryl methyl sites for hydroxylation is 2. The number of nitrogens with zero attached hydrogens (tertiary/aromatic N) is 1. The van der Waals surface area contributed by atoms with E-state index in [0.717, 1.165) is 10.9 Å². The Hall–Kier alpha value is -3.87. The molecule has 4 rings (SSSR count). The number of rotatable bonds is 3. The first kappa shape index (κ1) is 17.5. The molecule has 0 aliphatic rings. The number of nitrogens with one attached hydrogen (secondary N) is 2. The number of carbonyl (C=O) groups is 2. The molecule has 140 valence electrons. The SMILES string of the molecule is Cc1onc(-c2ccccc2)c1C(=O)NNC(=O)c1oc2ccccc2c1C. The molecule has 0 aliphatic heterocycles. The van der Waals surface area contributed by atoms with Gasteiger partial charge >= 0.3 is 5.91 Å². The van der Waals surface area contributed by atoms with Gasteiger partial charge in [0.15, 0.2) is 5.76 Å². The van der Waals surface area contributed by atoms with Crippen molar-refractivity contribution in [3.05, 3.63) is 77.2 Å². The van der Waals surface area contributed by atoms with Crippen LogP contribution in [-0.4, -0.2) is 17.0 Å². The molecule has 4 aromatic rings. The molecule has 0 unspecified atom stereocenters. The Labute approximate surface area is 160 Å². The first-order valence-corrected chi connectivity index (χ1v) is 8.66. The average molecular weight is 375 g/mol. The molecule has 2 amide bonds. The van der Waals surface area contributed by atoms with Gasteiger partial charge in [-0.15, -0.1) is 0 Å². The summed E-state index contributed by atoms with van der Waals surface area (Å²) in [6, 6.07) is 16.5. The van der Waals surface area contributed by atoms with Crippen LogP contribution in [0.4, 0.5) is 0 Å². The first-order chi connectivity index (χ1) is 13.6. The number of fused-ring (bicyclic) bond motifs is 1. The topological polar surface area (TPSA) is 97.4 Å². The molecule has 0 atom stereocenters. The van der Waals surface area contributed by atoms with E-state index in [-0.39, 0.29) is 11.3 Å². The summed E-state index contributed by atoms with van der Waals surface area (Å²) in [5.74, 6) is -0.575. The van der Waals surface area contributed by atoms with E-state index in [1.54, 1.807) is 19.9 Å². The van der Waals surface area contributed by atoms with Crippen molar-refractivity contribution in [2.45, 2.75) is 13.8 Å². The van der Waals surface area contributed by atoms with E-state index in [9.17, 15) is 9.59 Å². The number of para-hydroxylation sites is 1. The van der Waals surface area contributed by atoms with Crippen molar-refractivity contribution in [3.8, 4) is 11.3 Å². The van der Waals surface area contributed by atoms with Crippen LogP contribution in [0.1, 0.15) is 32.2 Å². The highest BCUT2D eigenvalue weighted by atomic mass is 16.5. The van der Waals surface area contributed by atoms with Gasteiger partial charge < -0.3 is 8.94 Å². The maximum absolute atomic E-state index is 12.7. The van der Waals surface area contributed by atoms with Crippen LogP contribution in [0, 0.1) is 13.8 Å². The highest BCUT2D eigenvalue weighted by Gasteiger charge is 2.23. The van der Waals surface area contributed by atoms with Gasteiger partial charge in [-0.05, 0) is 19.9 Å². The zero-order valence-corrected chi connectivity index (χ0v) is 15.3. The smallest absolute Gasteiger partial charge is 0.305 e. The second kappa shape index (κ2) is 7.03. The maximum atomic E-state index is 12.7. The molecule has 0 spiro atoms. The molecule has 0 saturated heterocycles. The maximum Gasteiger partial charge on any atom is 0.305 e. The molecule has 0 fully saturated rings. The largest absolute Gasteiger partial charge is 0.451 e. The van der Waals surface area contributed by atoms with Gasteiger partial charge in [-0.3, -0.25) is 20.4 Å². The monoisotopic (exact) mass is 375 g/mol. The molecule has 0 bridgehead atoms. The number of amides is 2. The second-order valence-electron chi connectivity index (χ2n) is 6.29. The zero-order chi connectivity index (χ0) is 19.7. The van der Waals surface area contributed by atoms with E-state index in [0.29, 0.717) is 22.6 Å². The van der Waals surface area contributed by atoms with Gasteiger partial charge in [-0.1, -0.05) is 53.7 Å². The molecule has 0 aliphatic carbocycles. The fourth-order valence-electron chi connectivity index (χ4n) is 3.06. The molecule has 7 nitrogen and oxygen atoms in total. The first-order valence-electron chi connectivity index (χ1n) is 8.66. The summed E-state index contributed by atoms with van der Waals surface area (Å²) < 4.78 is 10.8. The van der Waals surface area contributed by atoms with Gasteiger partial charge in [-0.2, -0.15) is 0 Å². The van der Waals surface area contributed by atoms with Crippen LogP contribution in [0.3, 0.4) is 0 Å². The molecule has 28 heavy (non-hydrogen) atoms. The van der Waals surface area contributed by atoms with Crippen molar-refractivity contribution >= 4 is 22.8 Å². The van der Waals surface area contributed by atoms with E-state index in [1.165, 1.54) is 0 Å². The Kier molecular flexibility index (Phi) is 4.41. The van der Waals surface area contributed by atoms with E-state index in [1.807, 2.05) is 48.5 Å². The van der Waals surface area contributed by atoms with Crippen LogP contribution in [0.25, 0.3) is 22.2 Å². The number of aromatic nitrogens is 1. The third-order valence-corrected chi connectivity index (χ3v) is 4.48. The molecule has 2 heterocycles. The van der Waals surface area contributed by atoms with Crippen LogP contribution in [0.15, 0.2) is 63.5 Å². The normalized spacial score (nSPS) is 10.8. The fraction of sp³-hybridized carbons (Fsp3) is 0.0952. The van der Waals surface area contributed by atoms with Gasteiger partial charge in [-0.25, -0.2) is 0 Å². The molecular weight excluding hydrogens is 358 g/mol. The summed E-state index contributed by atoms with van der Waals surface area (Å²) in [5.41, 5.74) is 7.52. The van der Waals surface area contributed by atoms with Crippen molar-refractivity contribution in [1.29, 1.82) is 0 Å². The van der Waals surface area contributed by atoms with Crippen molar-refractivity contribution in [2.24, 2.45) is 0 Å². The van der Waals surface area contributed by atoms with Gasteiger partial charge in [0.05, 0.1) is 0 Å². The zero-order valence-electron chi connectivity index (χ0n) is 15.3. The van der Waals surface area contributed by atoms with Crippen LogP contribution in [0.2, 0.25) is 0 Å². The van der Waals surface area contributed by atoms with Crippen molar-refractivity contribution in [1.82, 2.24) is 16.0 Å². The number of hydrogen-bond donors (Lipinski definition) is 2. The Bertz CT molecular complexity index is 1180. The second-order valence-corrected chi connectivity index (χ2v) is 6.29. The van der Waals surface area contributed by atoms with Gasteiger partial charge in [0.25, 0.3) is 5.91 Å². The van der Waals surface area contributed by atoms with Gasteiger partial charge in [0.1, 0.15) is 22.6 Å². The highest BCUT2D eigenvalue weighted by molar-refractivity contribution is 6.03. The van der Waals surface area contributed by atoms with Gasteiger partial charge in [0, 0.05) is 16.5 Å². The van der Waals surface area contributed by atoms with Gasteiger partial charge in [0.2, 0.25) is 0 Å². The average Bonchev–Trinajstić information content (AvgIpc) is 3.27. The summed E-state index contributed by atoms with van der Waals surface area (Å²) >= 11 is 0. The van der Waals surface area contributed by atoms with Crippen molar-refractivity contribution in [2.75, 3.05) is 0 Å². The minimum Gasteiger partial charge on any atom is -0.451 e. The number of hydrogen-bond acceptors (Lipinski definition) is 5. The van der Waals surface area contributed by atoms with E-state index >= 15 is 0 Å². The fourth-order valence-corrected chi connectivity index (χ4v) is 3.06. The van der Waals surface area contributed by atoms with Crippen LogP contribution >= 0.6 is 0 Å². The third-order valence-electron chi connectivity index (χ3n) is 4.48. The lowest BCUT2D eigenvalue weighted by Gasteiger charge is -2.07. The molecule has 7 heteroatoms. The van der Waals surface area contributed by atoms with Crippen LogP contribution in [0.5, 0.6) is 0 Å². The Balaban J connectivity index is 1.54. The highest BCUT2D eigenvalue weighted by Crippen LogP contribution is 2.26. The number of hydrazine groups is 1. The van der Waals surface area contributed by atoms with E-state index in [2.05, 4.69) is 16.0 Å². The number of carbonyl (C=O) groups excluding carboxylic acids is 2. The minimum atomic E-state index is -0.544. The molecule has 2 N–H and O–H groups in total. The lowest BCUT2D eigenvalue weighted by Crippen LogP contribution is -2.42. The summed E-state index contributed by atoms with van der Waals surface area (Å²) in [7, 11) is 0. The number of furan rings is 1. The summed E-state index contributed by atoms with van der Waals surface area (Å²) in [5, 5.41) is 4.82. The van der Waals surface area contributed by atoms with E-state index in [4.69, 9.17) is 8.94 Å². The minimum absolute atomic E-state index is 0.145. The Morgan fingerprint density at radius 3 is 2.32 bits per heavy atom. The lowest BCUT2D eigenvalue weighted by molar-refractivity contribution is 0.0831. The van der Waals surface area contributed by atoms with Crippen molar-refractivity contribution < 1.29 is 18.5 Å². The predicted molar refractivity (Wildman–Crippen MR) is 103 cm³/mol. The molecule has 2 aromatic carbocycles. The lowest BCUT2D eigenvalue weighted by atomic mass is 10.1. The van der Waals surface area contributed by atoms with Crippen molar-refractivity contribution in [3.63, 3.8) is 0 Å². The predicted octanol–water partition coefficient (Wildman–Crippen LogP) is 3.78. The number of benzene rings is 2. The van der Waals surface area contributed by atoms with Crippen LogP contribution < -0.4 is 10.9 Å². The third kappa shape index (κ3) is 3.03. The quantitative estimate of drug-likeness (QED) is 0.531. The van der Waals surface area contributed by atoms with Crippen LogP contribution in [-0.2, 0) is 0 Å².